The van der Waals surface area contributed by atoms with Gasteiger partial charge in [0.2, 0.25) is 5.13 Å². The minimum Gasteiger partial charge on any atom is -0.351 e. The van der Waals surface area contributed by atoms with E-state index in [1.807, 2.05) is 0 Å². The predicted molar refractivity (Wildman–Crippen MR) is 67.2 cm³/mol. The lowest BCUT2D eigenvalue weighted by Crippen LogP contribution is -2.21. The van der Waals surface area contributed by atoms with E-state index in [0.29, 0.717) is 5.25 Å². The van der Waals surface area contributed by atoms with Crippen molar-refractivity contribution in [1.29, 1.82) is 0 Å². The predicted octanol–water partition coefficient (Wildman–Crippen LogP) is 3.94. The van der Waals surface area contributed by atoms with Gasteiger partial charge in [0.05, 0.1) is 0 Å². The SMILES string of the molecule is FC(F)(F)CNc1nnc(SC2CCCCC2)s1. The summed E-state index contributed by atoms with van der Waals surface area (Å²) in [6.45, 7) is -1.06. The largest absolute Gasteiger partial charge is 0.405 e. The summed E-state index contributed by atoms with van der Waals surface area (Å²) >= 11 is 2.84. The Kier molecular flexibility index (Phi) is 4.71. The van der Waals surface area contributed by atoms with Crippen LogP contribution in [0.1, 0.15) is 32.1 Å². The molecule has 0 spiro atoms. The molecule has 3 nitrogen and oxygen atoms in total. The van der Waals surface area contributed by atoms with Crippen LogP contribution in [0.25, 0.3) is 0 Å². The van der Waals surface area contributed by atoms with Crippen LogP contribution in [0.2, 0.25) is 0 Å². The average Bonchev–Trinajstić information content (AvgIpc) is 2.75. The number of nitrogens with one attached hydrogen (secondary N) is 1. The molecule has 8 heteroatoms. The van der Waals surface area contributed by atoms with Crippen molar-refractivity contribution in [1.82, 2.24) is 10.2 Å². The van der Waals surface area contributed by atoms with E-state index in [4.69, 9.17) is 0 Å². The first-order valence-corrected chi connectivity index (χ1v) is 7.53. The fraction of sp³-hybridized carbons (Fsp3) is 0.800. The molecule has 102 valence electrons. The Balaban J connectivity index is 1.82. The number of thioether (sulfide) groups is 1. The number of hydrogen-bond acceptors (Lipinski definition) is 5. The molecule has 1 aromatic heterocycles. The molecule has 0 aromatic carbocycles. The Labute approximate surface area is 112 Å². The van der Waals surface area contributed by atoms with Gasteiger partial charge >= 0.3 is 6.18 Å². The second kappa shape index (κ2) is 6.10. The molecule has 0 radical (unpaired) electrons. The Hall–Kier alpha value is -0.500. The highest BCUT2D eigenvalue weighted by Crippen LogP contribution is 2.36. The molecule has 1 aliphatic rings. The number of rotatable bonds is 4. The van der Waals surface area contributed by atoms with Crippen LogP contribution in [-0.2, 0) is 0 Å². The van der Waals surface area contributed by atoms with Gasteiger partial charge in [-0.15, -0.1) is 10.2 Å². The summed E-state index contributed by atoms with van der Waals surface area (Å²) in [7, 11) is 0. The summed E-state index contributed by atoms with van der Waals surface area (Å²) < 4.78 is 36.8. The molecule has 0 saturated heterocycles. The number of nitrogens with zero attached hydrogens (tertiary/aromatic N) is 2. The topological polar surface area (TPSA) is 37.8 Å². The van der Waals surface area contributed by atoms with Gasteiger partial charge in [-0.05, 0) is 12.8 Å². The van der Waals surface area contributed by atoms with Crippen LogP contribution < -0.4 is 5.32 Å². The summed E-state index contributed by atoms with van der Waals surface area (Å²) in [5.74, 6) is 0. The molecule has 18 heavy (non-hydrogen) atoms. The van der Waals surface area contributed by atoms with E-state index < -0.39 is 12.7 Å². The molecule has 1 N–H and O–H groups in total. The number of alkyl halides is 3. The molecule has 1 heterocycles. The summed E-state index contributed by atoms with van der Waals surface area (Å²) in [5, 5.41) is 10.7. The third-order valence-corrected chi connectivity index (χ3v) is 4.97. The minimum absolute atomic E-state index is 0.241. The van der Waals surface area contributed by atoms with Gasteiger partial charge in [-0.1, -0.05) is 42.4 Å². The molecule has 1 saturated carbocycles. The highest BCUT2D eigenvalue weighted by Gasteiger charge is 2.27. The van der Waals surface area contributed by atoms with E-state index in [9.17, 15) is 13.2 Å². The molecule has 0 unspecified atom stereocenters. The van der Waals surface area contributed by atoms with Crippen molar-refractivity contribution < 1.29 is 13.2 Å². The molecule has 0 amide bonds. The Morgan fingerprint density at radius 3 is 2.61 bits per heavy atom. The van der Waals surface area contributed by atoms with E-state index >= 15 is 0 Å². The van der Waals surface area contributed by atoms with Crippen molar-refractivity contribution in [2.75, 3.05) is 11.9 Å². The fourth-order valence-corrected chi connectivity index (χ4v) is 4.08. The molecule has 0 atom stereocenters. The van der Waals surface area contributed by atoms with Crippen molar-refractivity contribution in [3.05, 3.63) is 0 Å². The number of anilines is 1. The fourth-order valence-electron chi connectivity index (χ4n) is 1.83. The van der Waals surface area contributed by atoms with Crippen molar-refractivity contribution in [3.63, 3.8) is 0 Å². The monoisotopic (exact) mass is 297 g/mol. The first kappa shape index (κ1) is 13.9. The minimum atomic E-state index is -4.22. The van der Waals surface area contributed by atoms with Crippen LogP contribution in [0.15, 0.2) is 4.34 Å². The van der Waals surface area contributed by atoms with E-state index in [-0.39, 0.29) is 5.13 Å². The Morgan fingerprint density at radius 2 is 1.94 bits per heavy atom. The van der Waals surface area contributed by atoms with Gasteiger partial charge in [-0.25, -0.2) is 0 Å². The molecule has 2 rings (SSSR count). The van der Waals surface area contributed by atoms with Gasteiger partial charge in [0.15, 0.2) is 4.34 Å². The first-order chi connectivity index (χ1) is 8.53. The third kappa shape index (κ3) is 4.64. The number of halogens is 3. The van der Waals surface area contributed by atoms with Crippen molar-refractivity contribution in [2.24, 2.45) is 0 Å². The zero-order valence-electron chi connectivity index (χ0n) is 9.66. The summed E-state index contributed by atoms with van der Waals surface area (Å²) in [5.41, 5.74) is 0. The highest BCUT2D eigenvalue weighted by atomic mass is 32.2. The van der Waals surface area contributed by atoms with Crippen molar-refractivity contribution in [2.45, 2.75) is 47.9 Å². The van der Waals surface area contributed by atoms with Crippen LogP contribution in [0.3, 0.4) is 0 Å². The van der Waals surface area contributed by atoms with Crippen LogP contribution in [0.4, 0.5) is 18.3 Å². The quantitative estimate of drug-likeness (QED) is 0.913. The van der Waals surface area contributed by atoms with Gasteiger partial charge in [-0.2, -0.15) is 13.2 Å². The molecular formula is C10H14F3N3S2. The number of hydrogen-bond donors (Lipinski definition) is 1. The standard InChI is InChI=1S/C10H14F3N3S2/c11-10(12,13)6-14-8-15-16-9(18-8)17-7-4-2-1-3-5-7/h7H,1-6H2,(H,14,15). The van der Waals surface area contributed by atoms with E-state index in [1.54, 1.807) is 11.8 Å². The zero-order valence-corrected chi connectivity index (χ0v) is 11.3. The zero-order chi connectivity index (χ0) is 13.0. The van der Waals surface area contributed by atoms with E-state index in [0.717, 1.165) is 17.2 Å². The smallest absolute Gasteiger partial charge is 0.351 e. The second-order valence-corrected chi connectivity index (χ2v) is 6.74. The van der Waals surface area contributed by atoms with Crippen LogP contribution in [-0.4, -0.2) is 28.2 Å². The molecule has 1 aliphatic carbocycles. The number of aromatic nitrogens is 2. The van der Waals surface area contributed by atoms with Crippen molar-refractivity contribution in [3.8, 4) is 0 Å². The maximum Gasteiger partial charge on any atom is 0.405 e. The molecule has 0 bridgehead atoms. The Bertz CT molecular complexity index is 375. The summed E-state index contributed by atoms with van der Waals surface area (Å²) in [6, 6.07) is 0. The van der Waals surface area contributed by atoms with Gasteiger partial charge in [0, 0.05) is 5.25 Å². The molecular weight excluding hydrogens is 283 g/mol. The highest BCUT2D eigenvalue weighted by molar-refractivity contribution is 8.01. The summed E-state index contributed by atoms with van der Waals surface area (Å²) in [6.07, 6.45) is 1.85. The van der Waals surface area contributed by atoms with E-state index in [2.05, 4.69) is 15.5 Å². The Morgan fingerprint density at radius 1 is 1.22 bits per heavy atom. The lowest BCUT2D eigenvalue weighted by atomic mass is 10.0. The average molecular weight is 297 g/mol. The maximum atomic E-state index is 12.0. The van der Waals surface area contributed by atoms with Crippen LogP contribution >= 0.6 is 23.1 Å². The van der Waals surface area contributed by atoms with Gasteiger partial charge < -0.3 is 5.32 Å². The van der Waals surface area contributed by atoms with Crippen LogP contribution in [0.5, 0.6) is 0 Å². The van der Waals surface area contributed by atoms with Gasteiger partial charge in [0.1, 0.15) is 6.54 Å². The third-order valence-electron chi connectivity index (χ3n) is 2.67. The second-order valence-electron chi connectivity index (χ2n) is 4.22. The van der Waals surface area contributed by atoms with E-state index in [1.165, 1.54) is 30.6 Å². The van der Waals surface area contributed by atoms with Gasteiger partial charge in [-0.3, -0.25) is 0 Å². The van der Waals surface area contributed by atoms with Gasteiger partial charge in [0.25, 0.3) is 0 Å². The summed E-state index contributed by atoms with van der Waals surface area (Å²) in [4.78, 5) is 0. The molecule has 1 aromatic rings. The van der Waals surface area contributed by atoms with Crippen LogP contribution in [0, 0.1) is 0 Å². The van der Waals surface area contributed by atoms with Crippen molar-refractivity contribution >= 4 is 28.2 Å². The first-order valence-electron chi connectivity index (χ1n) is 5.84. The lowest BCUT2D eigenvalue weighted by molar-refractivity contribution is -0.115. The molecule has 0 aliphatic heterocycles. The normalized spacial score (nSPS) is 17.9. The lowest BCUT2D eigenvalue weighted by Gasteiger charge is -2.19. The molecule has 1 fully saturated rings. The maximum absolute atomic E-state index is 12.0.